The smallest absolute Gasteiger partial charge is 0.274 e. The highest BCUT2D eigenvalue weighted by Gasteiger charge is 2.13. The van der Waals surface area contributed by atoms with Crippen LogP contribution in [0, 0.1) is 18.3 Å². The summed E-state index contributed by atoms with van der Waals surface area (Å²) in [6.45, 7) is 1.79. The summed E-state index contributed by atoms with van der Waals surface area (Å²) >= 11 is 0. The summed E-state index contributed by atoms with van der Waals surface area (Å²) in [6.07, 6.45) is 1.69. The van der Waals surface area contributed by atoms with Crippen molar-refractivity contribution >= 4 is 34.1 Å². The molecule has 0 aliphatic carbocycles. The van der Waals surface area contributed by atoms with Crippen molar-refractivity contribution in [2.75, 3.05) is 10.6 Å². The van der Waals surface area contributed by atoms with Gasteiger partial charge in [-0.3, -0.25) is 9.78 Å². The zero-order chi connectivity index (χ0) is 20.2. The van der Waals surface area contributed by atoms with Crippen LogP contribution in [0.4, 0.5) is 17.3 Å². The van der Waals surface area contributed by atoms with Crippen LogP contribution in [-0.2, 0) is 0 Å². The summed E-state index contributed by atoms with van der Waals surface area (Å²) in [5.41, 5.74) is 3.50. The molecular weight excluding hydrogens is 364 g/mol. The Hall–Kier alpha value is -4.31. The molecule has 0 saturated heterocycles. The topological polar surface area (TPSA) is 104 Å². The summed E-state index contributed by atoms with van der Waals surface area (Å²) in [4.78, 5) is 25.8. The first-order chi connectivity index (χ1) is 14.1. The second kappa shape index (κ2) is 7.74. The van der Waals surface area contributed by atoms with E-state index in [-0.39, 0.29) is 11.6 Å². The molecule has 2 N–H and O–H groups in total. The number of para-hydroxylation sites is 1. The summed E-state index contributed by atoms with van der Waals surface area (Å²) < 4.78 is 0. The van der Waals surface area contributed by atoms with Gasteiger partial charge in [-0.2, -0.15) is 5.26 Å². The SMILES string of the molecule is Cc1cc(C(=O)Nc2cccc3cccnc23)nc(Nc2ccc(C#N)cc2)n1. The average Bonchev–Trinajstić information content (AvgIpc) is 2.74. The number of aromatic nitrogens is 3. The van der Waals surface area contributed by atoms with Gasteiger partial charge < -0.3 is 10.6 Å². The molecule has 1 amide bonds. The first kappa shape index (κ1) is 18.1. The molecule has 0 radical (unpaired) electrons. The molecule has 0 bridgehead atoms. The van der Waals surface area contributed by atoms with Crippen LogP contribution in [0.15, 0.2) is 66.9 Å². The molecule has 7 nitrogen and oxygen atoms in total. The molecule has 4 aromatic rings. The van der Waals surface area contributed by atoms with Crippen molar-refractivity contribution < 1.29 is 4.79 Å². The molecule has 0 aliphatic heterocycles. The first-order valence-electron chi connectivity index (χ1n) is 8.90. The number of carbonyl (C=O) groups is 1. The fourth-order valence-electron chi connectivity index (χ4n) is 2.89. The number of rotatable bonds is 4. The number of benzene rings is 2. The van der Waals surface area contributed by atoms with Crippen molar-refractivity contribution in [1.82, 2.24) is 15.0 Å². The van der Waals surface area contributed by atoms with Crippen molar-refractivity contribution in [3.05, 3.63) is 83.8 Å². The third-order valence-electron chi connectivity index (χ3n) is 4.24. The Morgan fingerprint density at radius 2 is 1.83 bits per heavy atom. The van der Waals surface area contributed by atoms with E-state index in [2.05, 4.69) is 31.7 Å². The van der Waals surface area contributed by atoms with E-state index in [1.165, 1.54) is 0 Å². The Bertz CT molecular complexity index is 1240. The van der Waals surface area contributed by atoms with Crippen LogP contribution in [0.25, 0.3) is 10.9 Å². The number of pyridine rings is 1. The van der Waals surface area contributed by atoms with Crippen molar-refractivity contribution in [3.8, 4) is 6.07 Å². The Morgan fingerprint density at radius 1 is 1.03 bits per heavy atom. The average molecular weight is 380 g/mol. The molecule has 2 aromatic carbocycles. The van der Waals surface area contributed by atoms with Gasteiger partial charge in [0.15, 0.2) is 0 Å². The van der Waals surface area contributed by atoms with Crippen LogP contribution in [0.3, 0.4) is 0 Å². The van der Waals surface area contributed by atoms with E-state index < -0.39 is 0 Å². The second-order valence-corrected chi connectivity index (χ2v) is 6.37. The standard InChI is InChI=1S/C22H16N6O/c1-14-12-19(28-22(25-14)26-17-9-7-15(13-23)8-10-17)21(29)27-18-6-2-4-16-5-3-11-24-20(16)18/h2-12H,1H3,(H,27,29)(H,25,26,28). The summed E-state index contributed by atoms with van der Waals surface area (Å²) in [5.74, 6) is -0.0487. The number of carbonyl (C=O) groups excluding carboxylic acids is 1. The van der Waals surface area contributed by atoms with Crippen LogP contribution >= 0.6 is 0 Å². The number of hydrogen-bond donors (Lipinski definition) is 2. The van der Waals surface area contributed by atoms with Gasteiger partial charge in [-0.25, -0.2) is 9.97 Å². The van der Waals surface area contributed by atoms with E-state index >= 15 is 0 Å². The minimum atomic E-state index is -0.350. The van der Waals surface area contributed by atoms with E-state index in [9.17, 15) is 4.79 Å². The lowest BCUT2D eigenvalue weighted by atomic mass is 10.2. The number of nitriles is 1. The van der Waals surface area contributed by atoms with Crippen LogP contribution < -0.4 is 10.6 Å². The quantitative estimate of drug-likeness (QED) is 0.550. The summed E-state index contributed by atoms with van der Waals surface area (Å²) in [6, 6.07) is 20.0. The number of fused-ring (bicyclic) bond motifs is 1. The van der Waals surface area contributed by atoms with Gasteiger partial charge in [0.25, 0.3) is 5.91 Å². The number of aryl methyl sites for hydroxylation is 1. The Kier molecular flexibility index (Phi) is 4.82. The molecule has 0 atom stereocenters. The fourth-order valence-corrected chi connectivity index (χ4v) is 2.89. The summed E-state index contributed by atoms with van der Waals surface area (Å²) in [7, 11) is 0. The van der Waals surface area contributed by atoms with Crippen molar-refractivity contribution in [1.29, 1.82) is 5.26 Å². The Balaban J connectivity index is 1.59. The molecule has 140 valence electrons. The monoisotopic (exact) mass is 380 g/mol. The van der Waals surface area contributed by atoms with E-state index in [1.54, 1.807) is 49.5 Å². The third kappa shape index (κ3) is 4.01. The van der Waals surface area contributed by atoms with Crippen LogP contribution in [0.1, 0.15) is 21.7 Å². The van der Waals surface area contributed by atoms with E-state index in [1.807, 2.05) is 24.3 Å². The van der Waals surface area contributed by atoms with E-state index in [4.69, 9.17) is 5.26 Å². The normalized spacial score (nSPS) is 10.3. The van der Waals surface area contributed by atoms with Gasteiger partial charge in [0.2, 0.25) is 5.95 Å². The molecule has 0 fully saturated rings. The van der Waals surface area contributed by atoms with Gasteiger partial charge in [-0.05, 0) is 49.4 Å². The molecule has 2 heterocycles. The predicted molar refractivity (Wildman–Crippen MR) is 111 cm³/mol. The second-order valence-electron chi connectivity index (χ2n) is 6.37. The predicted octanol–water partition coefficient (Wildman–Crippen LogP) is 4.20. The van der Waals surface area contributed by atoms with Crippen molar-refractivity contribution in [3.63, 3.8) is 0 Å². The lowest BCUT2D eigenvalue weighted by molar-refractivity contribution is 0.102. The Morgan fingerprint density at radius 3 is 2.62 bits per heavy atom. The highest BCUT2D eigenvalue weighted by atomic mass is 16.1. The van der Waals surface area contributed by atoms with Gasteiger partial charge in [0, 0.05) is 23.0 Å². The van der Waals surface area contributed by atoms with Crippen LogP contribution in [0.5, 0.6) is 0 Å². The maximum absolute atomic E-state index is 12.8. The number of hydrogen-bond acceptors (Lipinski definition) is 6. The lowest BCUT2D eigenvalue weighted by Gasteiger charge is -2.10. The number of anilines is 3. The zero-order valence-corrected chi connectivity index (χ0v) is 15.5. The number of nitrogens with zero attached hydrogens (tertiary/aromatic N) is 4. The van der Waals surface area contributed by atoms with E-state index in [0.717, 1.165) is 11.1 Å². The zero-order valence-electron chi connectivity index (χ0n) is 15.5. The molecule has 0 unspecified atom stereocenters. The maximum atomic E-state index is 12.8. The molecular formula is C22H16N6O. The highest BCUT2D eigenvalue weighted by Crippen LogP contribution is 2.21. The van der Waals surface area contributed by atoms with Gasteiger partial charge in [-0.15, -0.1) is 0 Å². The third-order valence-corrected chi connectivity index (χ3v) is 4.24. The number of amides is 1. The molecule has 29 heavy (non-hydrogen) atoms. The molecule has 7 heteroatoms. The minimum absolute atomic E-state index is 0.238. The molecule has 2 aromatic heterocycles. The minimum Gasteiger partial charge on any atom is -0.324 e. The van der Waals surface area contributed by atoms with Gasteiger partial charge >= 0.3 is 0 Å². The lowest BCUT2D eigenvalue weighted by Crippen LogP contribution is -2.16. The van der Waals surface area contributed by atoms with Gasteiger partial charge in [0.1, 0.15) is 5.69 Å². The Labute approximate surface area is 167 Å². The molecule has 4 rings (SSSR count). The van der Waals surface area contributed by atoms with Gasteiger partial charge in [0.05, 0.1) is 22.8 Å². The van der Waals surface area contributed by atoms with Crippen molar-refractivity contribution in [2.24, 2.45) is 0 Å². The van der Waals surface area contributed by atoms with Crippen LogP contribution in [-0.4, -0.2) is 20.9 Å². The van der Waals surface area contributed by atoms with Crippen molar-refractivity contribution in [2.45, 2.75) is 6.92 Å². The van der Waals surface area contributed by atoms with Crippen LogP contribution in [0.2, 0.25) is 0 Å². The molecule has 0 spiro atoms. The molecule has 0 saturated carbocycles. The fraction of sp³-hybridized carbons (Fsp3) is 0.0455. The highest BCUT2D eigenvalue weighted by molar-refractivity contribution is 6.07. The summed E-state index contributed by atoms with van der Waals surface area (Å²) in [5, 5.41) is 15.8. The molecule has 0 aliphatic rings. The largest absolute Gasteiger partial charge is 0.324 e. The number of nitrogens with one attached hydrogen (secondary N) is 2. The van der Waals surface area contributed by atoms with E-state index in [0.29, 0.717) is 28.4 Å². The maximum Gasteiger partial charge on any atom is 0.274 e. The first-order valence-corrected chi connectivity index (χ1v) is 8.90. The van der Waals surface area contributed by atoms with Gasteiger partial charge in [-0.1, -0.05) is 18.2 Å².